The predicted octanol–water partition coefficient (Wildman–Crippen LogP) is 3.31. The average molecular weight is 589 g/mol. The fourth-order valence-electron chi connectivity index (χ4n) is 3.68. The van der Waals surface area contributed by atoms with E-state index in [1.165, 1.54) is 37.0 Å². The van der Waals surface area contributed by atoms with Crippen LogP contribution in [0.4, 0.5) is 34.6 Å². The number of nitriles is 1. The fraction of sp³-hybridized carbons (Fsp3) is 0.273. The Labute approximate surface area is 222 Å². The highest BCUT2D eigenvalue weighted by Gasteiger charge is 2.48. The molecule has 1 aliphatic heterocycles. The summed E-state index contributed by atoms with van der Waals surface area (Å²) in [4.78, 5) is 32.6. The van der Waals surface area contributed by atoms with Crippen molar-refractivity contribution in [3.8, 4) is 6.07 Å². The van der Waals surface area contributed by atoms with Crippen LogP contribution >= 0.6 is 11.6 Å². The van der Waals surface area contributed by atoms with Crippen molar-refractivity contribution in [2.45, 2.75) is 13.1 Å². The quantitative estimate of drug-likeness (QED) is 0.342. The molecule has 2 aromatic carbocycles. The van der Waals surface area contributed by atoms with Gasteiger partial charge in [0.25, 0.3) is 5.56 Å². The van der Waals surface area contributed by atoms with Gasteiger partial charge in [-0.1, -0.05) is 16.1 Å². The second-order valence-corrected chi connectivity index (χ2v) is 10.5. The molecule has 0 atom stereocenters. The van der Waals surface area contributed by atoms with Crippen LogP contribution in [0.3, 0.4) is 0 Å². The fourth-order valence-corrected chi connectivity index (χ4v) is 5.52. The normalized spacial score (nSPS) is 14.5. The largest absolute Gasteiger partial charge is 0.493 e. The molecule has 1 fully saturated rings. The van der Waals surface area contributed by atoms with Gasteiger partial charge in [-0.2, -0.15) is 31.2 Å². The van der Waals surface area contributed by atoms with Crippen LogP contribution in [0.2, 0.25) is 5.02 Å². The summed E-state index contributed by atoms with van der Waals surface area (Å²) in [5, 5.41) is 11.0. The van der Waals surface area contributed by atoms with Crippen molar-refractivity contribution in [3.05, 3.63) is 57.3 Å². The molecule has 17 heteroatoms. The Hall–Kier alpha value is -3.94. The van der Waals surface area contributed by atoms with E-state index in [1.807, 2.05) is 0 Å². The zero-order chi connectivity index (χ0) is 28.9. The number of aromatic nitrogens is 2. The number of fused-ring (bicyclic) bond motifs is 1. The van der Waals surface area contributed by atoms with Gasteiger partial charge in [0.15, 0.2) is 0 Å². The number of hydrogen-bond donors (Lipinski definition) is 1. The molecule has 0 spiro atoms. The van der Waals surface area contributed by atoms with E-state index >= 15 is 0 Å². The maximum absolute atomic E-state index is 14.9. The molecule has 4 rings (SSSR count). The van der Waals surface area contributed by atoms with Crippen molar-refractivity contribution in [1.29, 1.82) is 5.26 Å². The van der Waals surface area contributed by atoms with Gasteiger partial charge in [0.2, 0.25) is 0 Å². The number of nitrogens with one attached hydrogen (secondary N) is 1. The van der Waals surface area contributed by atoms with Crippen LogP contribution in [0.25, 0.3) is 10.9 Å². The van der Waals surface area contributed by atoms with Crippen molar-refractivity contribution in [3.63, 3.8) is 0 Å². The topological polar surface area (TPSA) is 138 Å². The first kappa shape index (κ1) is 28.1. The second kappa shape index (κ2) is 9.98. The molecule has 0 aliphatic carbocycles. The summed E-state index contributed by atoms with van der Waals surface area (Å²) in [5.74, 6) is -4.67. The first-order valence-corrected chi connectivity index (χ1v) is 12.6. The summed E-state index contributed by atoms with van der Waals surface area (Å²) < 4.78 is 81.6. The molecule has 0 bridgehead atoms. The van der Waals surface area contributed by atoms with E-state index in [1.54, 1.807) is 6.07 Å². The molecule has 0 saturated carbocycles. The molecule has 0 radical (unpaired) electrons. The zero-order valence-corrected chi connectivity index (χ0v) is 21.5. The smallest absolute Gasteiger partial charge is 0.352 e. The molecule has 11 nitrogen and oxygen atoms in total. The van der Waals surface area contributed by atoms with Gasteiger partial charge in [-0.15, -0.1) is 0 Å². The van der Waals surface area contributed by atoms with E-state index in [2.05, 4.69) is 15.1 Å². The summed E-state index contributed by atoms with van der Waals surface area (Å²) in [6, 6.07) is 6.10. The van der Waals surface area contributed by atoms with Crippen LogP contribution in [-0.2, 0) is 26.9 Å². The molecule has 3 aromatic rings. The lowest BCUT2D eigenvalue weighted by Crippen LogP contribution is -2.55. The standard InChI is InChI=1S/C22H17ClF4N6O5S/c1-11-14(4-5-15-17(11)20(34)31(2)10-29-15)30-19-13(24)3-6-16(18(19)23)33(38-21(35)22(25,26)27)39(36,37)32-8-12(7-28)9-32/h3-6,10,12,30H,8-9H2,1-2H3. The number of aryl methyl sites for hydroxylation is 2. The van der Waals surface area contributed by atoms with E-state index in [0.717, 1.165) is 0 Å². The van der Waals surface area contributed by atoms with Gasteiger partial charge in [0.05, 0.1) is 39.9 Å². The predicted molar refractivity (Wildman–Crippen MR) is 131 cm³/mol. The molecule has 1 N–H and O–H groups in total. The Kier molecular flexibility index (Phi) is 7.19. The summed E-state index contributed by atoms with van der Waals surface area (Å²) in [7, 11) is -3.53. The molecular weight excluding hydrogens is 572 g/mol. The van der Waals surface area contributed by atoms with E-state index in [4.69, 9.17) is 16.9 Å². The SMILES string of the molecule is Cc1c(Nc2c(F)ccc(N(OC(=O)C(F)(F)F)S(=O)(=O)N3CC(C#N)C3)c2Cl)ccc2ncn(C)c(=O)c12. The summed E-state index contributed by atoms with van der Waals surface area (Å²) >= 11 is 6.28. The Balaban J connectivity index is 1.81. The molecule has 2 heterocycles. The molecule has 1 aliphatic rings. The van der Waals surface area contributed by atoms with E-state index in [0.29, 0.717) is 27.5 Å². The van der Waals surface area contributed by atoms with E-state index in [-0.39, 0.29) is 28.6 Å². The van der Waals surface area contributed by atoms with Gasteiger partial charge >= 0.3 is 22.4 Å². The van der Waals surface area contributed by atoms with Crippen LogP contribution in [0, 0.1) is 30.0 Å². The third-order valence-corrected chi connectivity index (χ3v) is 7.86. The Morgan fingerprint density at radius 2 is 1.95 bits per heavy atom. The molecule has 1 saturated heterocycles. The van der Waals surface area contributed by atoms with Crippen molar-refractivity contribution >= 4 is 55.7 Å². The van der Waals surface area contributed by atoms with Crippen LogP contribution in [0.5, 0.6) is 0 Å². The van der Waals surface area contributed by atoms with Crippen LogP contribution in [0.1, 0.15) is 5.56 Å². The first-order valence-electron chi connectivity index (χ1n) is 10.9. The second-order valence-electron chi connectivity index (χ2n) is 8.43. The van der Waals surface area contributed by atoms with E-state index < -0.39 is 56.0 Å². The number of nitrogens with zero attached hydrogens (tertiary/aromatic N) is 5. The van der Waals surface area contributed by atoms with Crippen molar-refractivity contribution in [2.75, 3.05) is 22.9 Å². The van der Waals surface area contributed by atoms with Gasteiger partial charge in [-0.3, -0.25) is 4.79 Å². The molecule has 39 heavy (non-hydrogen) atoms. The summed E-state index contributed by atoms with van der Waals surface area (Å²) in [6.45, 7) is 0.755. The van der Waals surface area contributed by atoms with Crippen molar-refractivity contribution in [1.82, 2.24) is 13.9 Å². The molecule has 206 valence electrons. The van der Waals surface area contributed by atoms with Crippen molar-refractivity contribution in [2.24, 2.45) is 13.0 Å². The maximum Gasteiger partial charge on any atom is 0.493 e. The Morgan fingerprint density at radius 3 is 2.56 bits per heavy atom. The summed E-state index contributed by atoms with van der Waals surface area (Å²) in [5.41, 5.74) is -1.02. The summed E-state index contributed by atoms with van der Waals surface area (Å²) in [6.07, 6.45) is -4.28. The average Bonchev–Trinajstić information content (AvgIpc) is 2.82. The molecule has 1 aromatic heterocycles. The minimum atomic E-state index is -5.59. The molecule has 0 amide bonds. The number of hydrogen-bond acceptors (Lipinski definition) is 8. The first-order chi connectivity index (χ1) is 18.2. The maximum atomic E-state index is 14.9. The Bertz CT molecular complexity index is 1700. The number of anilines is 3. The number of halogens is 5. The van der Waals surface area contributed by atoms with Gasteiger partial charge in [0, 0.05) is 25.8 Å². The van der Waals surface area contributed by atoms with Gasteiger partial charge in [-0.25, -0.2) is 14.2 Å². The highest BCUT2D eigenvalue weighted by molar-refractivity contribution is 7.90. The van der Waals surface area contributed by atoms with Crippen LogP contribution in [0.15, 0.2) is 35.4 Å². The number of rotatable bonds is 6. The monoisotopic (exact) mass is 588 g/mol. The number of carbonyl (C=O) groups excluding carboxylic acids is 1. The number of carbonyl (C=O) groups is 1. The Morgan fingerprint density at radius 1 is 1.28 bits per heavy atom. The third-order valence-electron chi connectivity index (χ3n) is 5.84. The lowest BCUT2D eigenvalue weighted by molar-refractivity contribution is -0.199. The minimum Gasteiger partial charge on any atom is -0.352 e. The van der Waals surface area contributed by atoms with Gasteiger partial charge < -0.3 is 14.7 Å². The van der Waals surface area contributed by atoms with Crippen LogP contribution in [-0.4, -0.2) is 47.5 Å². The lowest BCUT2D eigenvalue weighted by atomic mass is 10.1. The van der Waals surface area contributed by atoms with Crippen LogP contribution < -0.4 is 15.3 Å². The van der Waals surface area contributed by atoms with E-state index in [9.17, 15) is 35.6 Å². The minimum absolute atomic E-state index is 0.145. The highest BCUT2D eigenvalue weighted by atomic mass is 35.5. The molecule has 0 unspecified atom stereocenters. The van der Waals surface area contributed by atoms with Gasteiger partial charge in [0.1, 0.15) is 11.5 Å². The lowest BCUT2D eigenvalue weighted by Gasteiger charge is -2.37. The number of alkyl halides is 3. The molecular formula is C22H17ClF4N6O5S. The number of benzene rings is 2. The van der Waals surface area contributed by atoms with Crippen molar-refractivity contribution < 1.29 is 35.6 Å². The van der Waals surface area contributed by atoms with Gasteiger partial charge in [-0.05, 0) is 36.8 Å². The highest BCUT2D eigenvalue weighted by Crippen LogP contribution is 2.40. The third kappa shape index (κ3) is 5.07. The zero-order valence-electron chi connectivity index (χ0n) is 20.0.